The Balaban J connectivity index is 3.43. The van der Waals surface area contributed by atoms with Crippen LogP contribution in [0.2, 0.25) is 0 Å². The molecule has 13 heavy (non-hydrogen) atoms. The molecule has 0 saturated carbocycles. The molecule has 0 aromatic heterocycles. The third-order valence-corrected chi connectivity index (χ3v) is 1.80. The molecule has 0 saturated heterocycles. The second kappa shape index (κ2) is 7.65. The minimum atomic E-state index is -0.903. The van der Waals surface area contributed by atoms with Crippen LogP contribution in [0.3, 0.4) is 0 Å². The van der Waals surface area contributed by atoms with Crippen LogP contribution in [0, 0.1) is 0 Å². The van der Waals surface area contributed by atoms with Gasteiger partial charge in [-0.25, -0.2) is 0 Å². The summed E-state index contributed by atoms with van der Waals surface area (Å²) in [5.41, 5.74) is 0. The van der Waals surface area contributed by atoms with Gasteiger partial charge in [-0.1, -0.05) is 26.2 Å². The first-order valence-corrected chi connectivity index (χ1v) is 4.76. The number of rotatable bonds is 7. The number of allylic oxidation sites excluding steroid dienone is 1. The molecule has 0 bridgehead atoms. The average molecular weight is 186 g/mol. The maximum Gasteiger partial charge on any atom is 0.307 e. The first-order chi connectivity index (χ1) is 6.16. The van der Waals surface area contributed by atoms with Gasteiger partial charge in [0.25, 0.3) is 0 Å². The normalized spacial score (nSPS) is 11.6. The molecule has 0 aliphatic rings. The Labute approximate surface area is 79.1 Å². The van der Waals surface area contributed by atoms with Gasteiger partial charge >= 0.3 is 5.97 Å². The molecule has 0 aliphatic carbocycles. The maximum atomic E-state index is 10.1. The van der Waals surface area contributed by atoms with Crippen molar-refractivity contribution < 1.29 is 15.0 Å². The van der Waals surface area contributed by atoms with E-state index in [1.54, 1.807) is 0 Å². The van der Waals surface area contributed by atoms with Gasteiger partial charge < -0.3 is 10.2 Å². The van der Waals surface area contributed by atoms with Crippen LogP contribution in [0.15, 0.2) is 11.8 Å². The predicted molar refractivity (Wildman–Crippen MR) is 51.7 cm³/mol. The summed E-state index contributed by atoms with van der Waals surface area (Å²) in [6.07, 6.45) is 6.27. The molecular weight excluding hydrogens is 168 g/mol. The van der Waals surface area contributed by atoms with Crippen molar-refractivity contribution >= 4 is 5.97 Å². The molecule has 0 aliphatic heterocycles. The first kappa shape index (κ1) is 12.0. The minimum Gasteiger partial charge on any atom is -0.513 e. The van der Waals surface area contributed by atoms with E-state index in [0.717, 1.165) is 12.8 Å². The van der Waals surface area contributed by atoms with Crippen LogP contribution in [0.5, 0.6) is 0 Å². The number of aliphatic hydroxyl groups is 1. The fourth-order valence-electron chi connectivity index (χ4n) is 1.04. The van der Waals surface area contributed by atoms with Crippen LogP contribution >= 0.6 is 0 Å². The Kier molecular flexibility index (Phi) is 7.07. The molecule has 3 nitrogen and oxygen atoms in total. The van der Waals surface area contributed by atoms with Crippen molar-refractivity contribution in [1.82, 2.24) is 0 Å². The van der Waals surface area contributed by atoms with Crippen molar-refractivity contribution in [1.29, 1.82) is 0 Å². The van der Waals surface area contributed by atoms with Crippen LogP contribution in [-0.4, -0.2) is 16.2 Å². The van der Waals surface area contributed by atoms with Gasteiger partial charge in [0.2, 0.25) is 0 Å². The van der Waals surface area contributed by atoms with Gasteiger partial charge in [-0.05, 0) is 12.5 Å². The highest BCUT2D eigenvalue weighted by molar-refractivity contribution is 5.68. The van der Waals surface area contributed by atoms with E-state index in [0.29, 0.717) is 6.42 Å². The molecule has 0 radical (unpaired) electrons. The van der Waals surface area contributed by atoms with E-state index in [9.17, 15) is 9.90 Å². The monoisotopic (exact) mass is 186 g/mol. The van der Waals surface area contributed by atoms with Crippen molar-refractivity contribution in [3.05, 3.63) is 11.8 Å². The van der Waals surface area contributed by atoms with Gasteiger partial charge in [-0.2, -0.15) is 0 Å². The lowest BCUT2D eigenvalue weighted by molar-refractivity contribution is -0.136. The summed E-state index contributed by atoms with van der Waals surface area (Å²) in [5, 5.41) is 17.5. The Morgan fingerprint density at radius 3 is 2.46 bits per heavy atom. The van der Waals surface area contributed by atoms with Crippen molar-refractivity contribution in [2.45, 2.75) is 45.4 Å². The molecule has 0 unspecified atom stereocenters. The largest absolute Gasteiger partial charge is 0.513 e. The van der Waals surface area contributed by atoms with Crippen molar-refractivity contribution in [2.24, 2.45) is 0 Å². The standard InChI is InChI=1S/C10H18O3/c1-2-3-4-5-6-9(11)7-8-10(12)13/h7,11H,2-6,8H2,1H3,(H,12,13). The summed E-state index contributed by atoms with van der Waals surface area (Å²) in [6, 6.07) is 0. The van der Waals surface area contributed by atoms with Crippen LogP contribution in [0.25, 0.3) is 0 Å². The zero-order chi connectivity index (χ0) is 10.1. The second-order valence-corrected chi connectivity index (χ2v) is 3.10. The Bertz CT molecular complexity index is 173. The number of hydrogen-bond donors (Lipinski definition) is 2. The van der Waals surface area contributed by atoms with E-state index >= 15 is 0 Å². The van der Waals surface area contributed by atoms with E-state index in [-0.39, 0.29) is 12.2 Å². The topological polar surface area (TPSA) is 57.5 Å². The van der Waals surface area contributed by atoms with Crippen LogP contribution in [-0.2, 0) is 4.79 Å². The van der Waals surface area contributed by atoms with E-state index in [4.69, 9.17) is 5.11 Å². The molecular formula is C10H18O3. The van der Waals surface area contributed by atoms with E-state index in [2.05, 4.69) is 6.92 Å². The first-order valence-electron chi connectivity index (χ1n) is 4.76. The summed E-state index contributed by atoms with van der Waals surface area (Å²) >= 11 is 0. The van der Waals surface area contributed by atoms with Crippen molar-refractivity contribution in [3.63, 3.8) is 0 Å². The van der Waals surface area contributed by atoms with Crippen LogP contribution in [0.1, 0.15) is 45.4 Å². The number of carboxylic acids is 1. The molecule has 0 aromatic rings. The van der Waals surface area contributed by atoms with Gasteiger partial charge in [0.05, 0.1) is 12.2 Å². The molecule has 2 N–H and O–H groups in total. The molecule has 76 valence electrons. The van der Waals surface area contributed by atoms with Crippen LogP contribution < -0.4 is 0 Å². The minimum absolute atomic E-state index is 0.0837. The second-order valence-electron chi connectivity index (χ2n) is 3.10. The Morgan fingerprint density at radius 2 is 1.92 bits per heavy atom. The summed E-state index contributed by atoms with van der Waals surface area (Å²) in [4.78, 5) is 10.1. The highest BCUT2D eigenvalue weighted by atomic mass is 16.4. The van der Waals surface area contributed by atoms with Gasteiger partial charge in [0, 0.05) is 6.42 Å². The number of carboxylic acid groups (broad SMARTS) is 1. The molecule has 0 amide bonds. The number of unbranched alkanes of at least 4 members (excludes halogenated alkanes) is 3. The van der Waals surface area contributed by atoms with Crippen molar-refractivity contribution in [2.75, 3.05) is 0 Å². The molecule has 0 rings (SSSR count). The summed E-state index contributed by atoms with van der Waals surface area (Å²) in [5.74, 6) is -0.696. The molecule has 3 heteroatoms. The zero-order valence-electron chi connectivity index (χ0n) is 8.12. The summed E-state index contributed by atoms with van der Waals surface area (Å²) in [6.45, 7) is 2.13. The molecule has 0 spiro atoms. The summed E-state index contributed by atoms with van der Waals surface area (Å²) in [7, 11) is 0. The van der Waals surface area contributed by atoms with Gasteiger partial charge in [0.1, 0.15) is 0 Å². The lowest BCUT2D eigenvalue weighted by Crippen LogP contribution is -1.92. The third kappa shape index (κ3) is 8.92. The SMILES string of the molecule is CCCCCCC(O)=CCC(=O)O. The fourth-order valence-corrected chi connectivity index (χ4v) is 1.04. The van der Waals surface area contributed by atoms with Crippen molar-refractivity contribution in [3.8, 4) is 0 Å². The quantitative estimate of drug-likeness (QED) is 0.474. The fraction of sp³-hybridized carbons (Fsp3) is 0.700. The highest BCUT2D eigenvalue weighted by Crippen LogP contribution is 2.08. The zero-order valence-corrected chi connectivity index (χ0v) is 8.12. The van der Waals surface area contributed by atoms with E-state index in [1.807, 2.05) is 0 Å². The number of carbonyl (C=O) groups is 1. The van der Waals surface area contributed by atoms with E-state index < -0.39 is 5.97 Å². The Hall–Kier alpha value is -0.990. The third-order valence-electron chi connectivity index (χ3n) is 1.80. The summed E-state index contributed by atoms with van der Waals surface area (Å²) < 4.78 is 0. The van der Waals surface area contributed by atoms with Crippen LogP contribution in [0.4, 0.5) is 0 Å². The molecule has 0 aromatic carbocycles. The smallest absolute Gasteiger partial charge is 0.307 e. The van der Waals surface area contributed by atoms with E-state index in [1.165, 1.54) is 18.9 Å². The number of aliphatic hydroxyl groups excluding tert-OH is 1. The number of aliphatic carboxylic acids is 1. The lowest BCUT2D eigenvalue weighted by Gasteiger charge is -1.98. The Morgan fingerprint density at radius 1 is 1.23 bits per heavy atom. The van der Waals surface area contributed by atoms with Gasteiger partial charge in [-0.15, -0.1) is 0 Å². The maximum absolute atomic E-state index is 10.1. The molecule has 0 fully saturated rings. The molecule has 0 atom stereocenters. The highest BCUT2D eigenvalue weighted by Gasteiger charge is 1.96. The lowest BCUT2D eigenvalue weighted by atomic mass is 10.1. The van der Waals surface area contributed by atoms with Gasteiger partial charge in [0.15, 0.2) is 0 Å². The molecule has 0 heterocycles. The van der Waals surface area contributed by atoms with Gasteiger partial charge in [-0.3, -0.25) is 4.79 Å². The predicted octanol–water partition coefficient (Wildman–Crippen LogP) is 2.87. The average Bonchev–Trinajstić information content (AvgIpc) is 2.09. The number of hydrogen-bond acceptors (Lipinski definition) is 2.